The van der Waals surface area contributed by atoms with Crippen molar-refractivity contribution in [3.05, 3.63) is 47.7 Å². The number of nitrogens with two attached hydrogens (primary N) is 2. The summed E-state index contributed by atoms with van der Waals surface area (Å²) >= 11 is 0. The standard InChI is InChI=1S/C10H14N2O/c11-7-9(13)6-10(12)8-4-2-1-3-5-8/h1-6,10,13H,7,11-12H2/b9-6-. The van der Waals surface area contributed by atoms with Crippen LogP contribution in [-0.4, -0.2) is 11.7 Å². The van der Waals surface area contributed by atoms with Crippen molar-refractivity contribution in [2.45, 2.75) is 6.04 Å². The maximum Gasteiger partial charge on any atom is 0.104 e. The maximum atomic E-state index is 9.15. The van der Waals surface area contributed by atoms with Crippen molar-refractivity contribution in [3.63, 3.8) is 0 Å². The Morgan fingerprint density at radius 2 is 2.00 bits per heavy atom. The molecule has 3 heteroatoms. The molecule has 0 aliphatic heterocycles. The summed E-state index contributed by atoms with van der Waals surface area (Å²) in [6.45, 7) is 0.126. The normalized spacial score (nSPS) is 14.2. The molecule has 3 nitrogen and oxygen atoms in total. The van der Waals surface area contributed by atoms with Crippen molar-refractivity contribution < 1.29 is 5.11 Å². The van der Waals surface area contributed by atoms with Crippen LogP contribution in [0.5, 0.6) is 0 Å². The van der Waals surface area contributed by atoms with Crippen molar-refractivity contribution in [2.24, 2.45) is 11.5 Å². The Balaban J connectivity index is 2.75. The lowest BCUT2D eigenvalue weighted by Crippen LogP contribution is -2.10. The predicted octanol–water partition coefficient (Wildman–Crippen LogP) is 1.09. The quantitative estimate of drug-likeness (QED) is 0.606. The Hall–Kier alpha value is -1.32. The lowest BCUT2D eigenvalue weighted by atomic mass is 10.1. The highest BCUT2D eigenvalue weighted by Gasteiger charge is 2.01. The van der Waals surface area contributed by atoms with Gasteiger partial charge in [-0.05, 0) is 11.6 Å². The predicted molar refractivity (Wildman–Crippen MR) is 53.1 cm³/mol. The first-order chi connectivity index (χ1) is 6.24. The van der Waals surface area contributed by atoms with Gasteiger partial charge in [0, 0.05) is 0 Å². The molecule has 1 aromatic rings. The second kappa shape index (κ2) is 4.64. The van der Waals surface area contributed by atoms with E-state index in [9.17, 15) is 0 Å². The van der Waals surface area contributed by atoms with Gasteiger partial charge in [-0.2, -0.15) is 0 Å². The Kier molecular flexibility index (Phi) is 3.49. The van der Waals surface area contributed by atoms with Gasteiger partial charge in [-0.15, -0.1) is 0 Å². The van der Waals surface area contributed by atoms with Crippen molar-refractivity contribution in [1.29, 1.82) is 0 Å². The van der Waals surface area contributed by atoms with Crippen LogP contribution < -0.4 is 11.5 Å². The number of aliphatic hydroxyl groups is 1. The third kappa shape index (κ3) is 2.89. The summed E-state index contributed by atoms with van der Waals surface area (Å²) in [7, 11) is 0. The monoisotopic (exact) mass is 178 g/mol. The number of hydrogen-bond donors (Lipinski definition) is 3. The van der Waals surface area contributed by atoms with Crippen LogP contribution in [0.4, 0.5) is 0 Å². The van der Waals surface area contributed by atoms with Crippen LogP contribution in [0.2, 0.25) is 0 Å². The largest absolute Gasteiger partial charge is 0.511 e. The van der Waals surface area contributed by atoms with E-state index in [1.54, 1.807) is 6.08 Å². The first-order valence-electron chi connectivity index (χ1n) is 4.14. The number of rotatable bonds is 3. The van der Waals surface area contributed by atoms with Crippen molar-refractivity contribution in [3.8, 4) is 0 Å². The second-order valence-electron chi connectivity index (χ2n) is 2.80. The highest BCUT2D eigenvalue weighted by Crippen LogP contribution is 2.11. The summed E-state index contributed by atoms with van der Waals surface area (Å²) in [6, 6.07) is 9.26. The van der Waals surface area contributed by atoms with E-state index >= 15 is 0 Å². The molecule has 0 fully saturated rings. The average Bonchev–Trinajstić information content (AvgIpc) is 2.19. The van der Waals surface area contributed by atoms with E-state index < -0.39 is 0 Å². The number of hydrogen-bond acceptors (Lipinski definition) is 3. The minimum atomic E-state index is -0.287. The summed E-state index contributed by atoms with van der Waals surface area (Å²) in [5.74, 6) is 0.122. The van der Waals surface area contributed by atoms with Crippen molar-refractivity contribution >= 4 is 0 Å². The summed E-state index contributed by atoms with van der Waals surface area (Å²) in [5.41, 5.74) is 12.0. The molecule has 1 unspecified atom stereocenters. The number of aliphatic hydroxyl groups excluding tert-OH is 1. The second-order valence-corrected chi connectivity index (χ2v) is 2.80. The van der Waals surface area contributed by atoms with E-state index in [4.69, 9.17) is 16.6 Å². The van der Waals surface area contributed by atoms with E-state index in [0.717, 1.165) is 5.56 Å². The smallest absolute Gasteiger partial charge is 0.104 e. The topological polar surface area (TPSA) is 72.3 Å². The SMILES string of the molecule is NC/C(O)=C/C(N)c1ccccc1. The Morgan fingerprint density at radius 1 is 1.38 bits per heavy atom. The molecule has 13 heavy (non-hydrogen) atoms. The van der Waals surface area contributed by atoms with Gasteiger partial charge >= 0.3 is 0 Å². The molecule has 0 aliphatic carbocycles. The molecule has 1 rings (SSSR count). The zero-order valence-corrected chi connectivity index (χ0v) is 7.35. The Morgan fingerprint density at radius 3 is 2.54 bits per heavy atom. The van der Waals surface area contributed by atoms with Crippen molar-refractivity contribution in [1.82, 2.24) is 0 Å². The molecule has 0 aliphatic rings. The molecule has 1 atom stereocenters. The van der Waals surface area contributed by atoms with E-state index in [2.05, 4.69) is 0 Å². The molecule has 0 saturated carbocycles. The van der Waals surface area contributed by atoms with Gasteiger partial charge < -0.3 is 16.6 Å². The molecule has 0 bridgehead atoms. The summed E-state index contributed by atoms with van der Waals surface area (Å²) in [4.78, 5) is 0. The Bertz CT molecular complexity index is 282. The van der Waals surface area contributed by atoms with Crippen LogP contribution in [0, 0.1) is 0 Å². The highest BCUT2D eigenvalue weighted by atomic mass is 16.3. The van der Waals surface area contributed by atoms with Gasteiger partial charge in [0.2, 0.25) is 0 Å². The molecular formula is C10H14N2O. The van der Waals surface area contributed by atoms with E-state index in [0.29, 0.717) is 0 Å². The minimum absolute atomic E-state index is 0.122. The first-order valence-corrected chi connectivity index (χ1v) is 4.14. The molecule has 0 radical (unpaired) electrons. The van der Waals surface area contributed by atoms with E-state index in [-0.39, 0.29) is 18.3 Å². The molecule has 0 heterocycles. The van der Waals surface area contributed by atoms with E-state index in [1.165, 1.54) is 0 Å². The molecule has 1 aromatic carbocycles. The van der Waals surface area contributed by atoms with Gasteiger partial charge in [-0.25, -0.2) is 0 Å². The Labute approximate surface area is 77.7 Å². The zero-order chi connectivity index (χ0) is 9.68. The van der Waals surface area contributed by atoms with Crippen LogP contribution in [0.15, 0.2) is 42.2 Å². The lowest BCUT2D eigenvalue weighted by Gasteiger charge is -2.06. The van der Waals surface area contributed by atoms with Crippen molar-refractivity contribution in [2.75, 3.05) is 6.54 Å². The molecular weight excluding hydrogens is 164 g/mol. The summed E-state index contributed by atoms with van der Waals surface area (Å²) < 4.78 is 0. The zero-order valence-electron chi connectivity index (χ0n) is 7.35. The summed E-state index contributed by atoms with van der Waals surface area (Å²) in [5, 5.41) is 9.15. The molecule has 0 amide bonds. The van der Waals surface area contributed by atoms with Crippen LogP contribution in [0.25, 0.3) is 0 Å². The van der Waals surface area contributed by atoms with E-state index in [1.807, 2.05) is 30.3 Å². The maximum absolute atomic E-state index is 9.15. The fraction of sp³-hybridized carbons (Fsp3) is 0.200. The van der Waals surface area contributed by atoms with Gasteiger partial charge in [0.05, 0.1) is 12.6 Å². The highest BCUT2D eigenvalue weighted by molar-refractivity contribution is 5.23. The molecule has 0 saturated heterocycles. The van der Waals surface area contributed by atoms with Gasteiger partial charge in [-0.1, -0.05) is 30.3 Å². The average molecular weight is 178 g/mol. The van der Waals surface area contributed by atoms with Crippen LogP contribution in [0.3, 0.4) is 0 Å². The van der Waals surface area contributed by atoms with Gasteiger partial charge in [0.15, 0.2) is 0 Å². The molecule has 70 valence electrons. The third-order valence-electron chi connectivity index (χ3n) is 1.77. The third-order valence-corrected chi connectivity index (χ3v) is 1.77. The van der Waals surface area contributed by atoms with Gasteiger partial charge in [0.25, 0.3) is 0 Å². The minimum Gasteiger partial charge on any atom is -0.511 e. The number of benzene rings is 1. The van der Waals surface area contributed by atoms with Gasteiger partial charge in [-0.3, -0.25) is 0 Å². The molecule has 5 N–H and O–H groups in total. The fourth-order valence-corrected chi connectivity index (χ4v) is 1.05. The molecule has 0 spiro atoms. The lowest BCUT2D eigenvalue weighted by molar-refractivity contribution is 0.399. The summed E-state index contributed by atoms with van der Waals surface area (Å²) in [6.07, 6.45) is 1.55. The van der Waals surface area contributed by atoms with Crippen LogP contribution in [0.1, 0.15) is 11.6 Å². The fourth-order valence-electron chi connectivity index (χ4n) is 1.05. The van der Waals surface area contributed by atoms with Gasteiger partial charge in [0.1, 0.15) is 5.76 Å². The van der Waals surface area contributed by atoms with Crippen LogP contribution >= 0.6 is 0 Å². The molecule has 0 aromatic heterocycles. The first kappa shape index (κ1) is 9.77. The van der Waals surface area contributed by atoms with Crippen LogP contribution in [-0.2, 0) is 0 Å².